The molecule has 2 fully saturated rings. The summed E-state index contributed by atoms with van der Waals surface area (Å²) in [5.41, 5.74) is 0. The van der Waals surface area contributed by atoms with Gasteiger partial charge in [0.05, 0.1) is 12.2 Å². The minimum Gasteiger partial charge on any atom is -0.375 e. The smallest absolute Gasteiger partial charge is 0.0603 e. The van der Waals surface area contributed by atoms with E-state index in [1.807, 2.05) is 0 Å². The van der Waals surface area contributed by atoms with E-state index in [4.69, 9.17) is 4.74 Å². The third-order valence-electron chi connectivity index (χ3n) is 3.88. The molecule has 18 heavy (non-hydrogen) atoms. The van der Waals surface area contributed by atoms with Gasteiger partial charge in [-0.1, -0.05) is 0 Å². The number of nitrogens with zero attached hydrogens (tertiary/aromatic N) is 1. The molecule has 0 aromatic rings. The lowest BCUT2D eigenvalue weighted by Gasteiger charge is -2.36. The number of halogens is 2. The molecule has 3 nitrogen and oxygen atoms in total. The van der Waals surface area contributed by atoms with Crippen molar-refractivity contribution in [2.45, 2.75) is 57.8 Å². The Morgan fingerprint density at radius 3 is 1.94 bits per heavy atom. The average molecular weight is 299 g/mol. The standard InChI is InChI=1S/C13H26N2O.2ClH/c1-11(2)15-9-5-13(6-10-15)16-12-3-7-14-8-4-12;;/h11-14H,3-10H2,1-2H3;2*1H. The highest BCUT2D eigenvalue weighted by Crippen LogP contribution is 2.19. The lowest BCUT2D eigenvalue weighted by atomic mass is 10.0. The average Bonchev–Trinajstić information content (AvgIpc) is 2.31. The molecular weight excluding hydrogens is 271 g/mol. The first kappa shape index (κ1) is 18.5. The lowest BCUT2D eigenvalue weighted by molar-refractivity contribution is -0.0560. The predicted octanol–water partition coefficient (Wildman–Crippen LogP) is 2.47. The SMILES string of the molecule is CC(C)N1CCC(OC2CCNCC2)CC1.Cl.Cl. The molecule has 0 amide bonds. The number of hydrogen-bond donors (Lipinski definition) is 1. The van der Waals surface area contributed by atoms with E-state index in [0.717, 1.165) is 13.1 Å². The van der Waals surface area contributed by atoms with Crippen LogP contribution in [0.4, 0.5) is 0 Å². The Bertz CT molecular complexity index is 203. The van der Waals surface area contributed by atoms with E-state index >= 15 is 0 Å². The highest BCUT2D eigenvalue weighted by atomic mass is 35.5. The zero-order valence-corrected chi connectivity index (χ0v) is 13.2. The molecule has 0 aliphatic carbocycles. The van der Waals surface area contributed by atoms with Crippen molar-refractivity contribution in [3.8, 4) is 0 Å². The van der Waals surface area contributed by atoms with Crippen molar-refractivity contribution in [3.05, 3.63) is 0 Å². The molecule has 2 heterocycles. The molecule has 2 saturated heterocycles. The van der Waals surface area contributed by atoms with Crippen molar-refractivity contribution in [1.82, 2.24) is 10.2 Å². The first-order chi connectivity index (χ1) is 7.75. The fourth-order valence-corrected chi connectivity index (χ4v) is 2.73. The van der Waals surface area contributed by atoms with E-state index in [1.54, 1.807) is 0 Å². The van der Waals surface area contributed by atoms with Gasteiger partial charge in [0.15, 0.2) is 0 Å². The van der Waals surface area contributed by atoms with E-state index in [0.29, 0.717) is 18.2 Å². The van der Waals surface area contributed by atoms with Crippen LogP contribution >= 0.6 is 24.8 Å². The van der Waals surface area contributed by atoms with Gasteiger partial charge in [-0.05, 0) is 52.6 Å². The van der Waals surface area contributed by atoms with Crippen LogP contribution in [0.3, 0.4) is 0 Å². The summed E-state index contributed by atoms with van der Waals surface area (Å²) < 4.78 is 6.19. The van der Waals surface area contributed by atoms with E-state index in [-0.39, 0.29) is 24.8 Å². The van der Waals surface area contributed by atoms with Crippen molar-refractivity contribution < 1.29 is 4.74 Å². The van der Waals surface area contributed by atoms with E-state index in [1.165, 1.54) is 38.8 Å². The van der Waals surface area contributed by atoms with Gasteiger partial charge >= 0.3 is 0 Å². The minimum absolute atomic E-state index is 0. The number of likely N-dealkylation sites (tertiary alicyclic amines) is 1. The molecule has 0 bridgehead atoms. The van der Waals surface area contributed by atoms with Gasteiger partial charge in [-0.3, -0.25) is 0 Å². The second-order valence-electron chi connectivity index (χ2n) is 5.41. The Morgan fingerprint density at radius 2 is 1.44 bits per heavy atom. The maximum atomic E-state index is 6.19. The lowest BCUT2D eigenvalue weighted by Crippen LogP contribution is -2.43. The van der Waals surface area contributed by atoms with Crippen LogP contribution in [-0.2, 0) is 4.74 Å². The van der Waals surface area contributed by atoms with Crippen molar-refractivity contribution in [2.75, 3.05) is 26.2 Å². The van der Waals surface area contributed by atoms with Crippen LogP contribution in [-0.4, -0.2) is 49.3 Å². The van der Waals surface area contributed by atoms with Gasteiger partial charge < -0.3 is 15.0 Å². The maximum Gasteiger partial charge on any atom is 0.0603 e. The summed E-state index contributed by atoms with van der Waals surface area (Å²) >= 11 is 0. The van der Waals surface area contributed by atoms with Crippen LogP contribution in [0, 0.1) is 0 Å². The number of nitrogens with one attached hydrogen (secondary N) is 1. The van der Waals surface area contributed by atoms with E-state index in [2.05, 4.69) is 24.1 Å². The molecule has 0 radical (unpaired) electrons. The number of hydrogen-bond acceptors (Lipinski definition) is 3. The Balaban J connectivity index is 0.00000144. The first-order valence-corrected chi connectivity index (χ1v) is 6.86. The van der Waals surface area contributed by atoms with Crippen molar-refractivity contribution in [2.24, 2.45) is 0 Å². The van der Waals surface area contributed by atoms with Crippen molar-refractivity contribution in [3.63, 3.8) is 0 Å². The zero-order valence-electron chi connectivity index (χ0n) is 11.6. The largest absolute Gasteiger partial charge is 0.375 e. The minimum atomic E-state index is 0. The molecule has 0 saturated carbocycles. The van der Waals surface area contributed by atoms with E-state index in [9.17, 15) is 0 Å². The van der Waals surface area contributed by atoms with Gasteiger partial charge in [0.2, 0.25) is 0 Å². The van der Waals surface area contributed by atoms with Gasteiger partial charge in [0, 0.05) is 19.1 Å². The highest BCUT2D eigenvalue weighted by molar-refractivity contribution is 5.85. The third-order valence-corrected chi connectivity index (χ3v) is 3.88. The molecule has 2 rings (SSSR count). The summed E-state index contributed by atoms with van der Waals surface area (Å²) in [5, 5.41) is 3.39. The summed E-state index contributed by atoms with van der Waals surface area (Å²) in [5.74, 6) is 0. The van der Waals surface area contributed by atoms with Crippen molar-refractivity contribution >= 4 is 24.8 Å². The fraction of sp³-hybridized carbons (Fsp3) is 1.00. The molecule has 0 atom stereocenters. The molecule has 2 aliphatic rings. The van der Waals surface area contributed by atoms with Gasteiger partial charge in [-0.2, -0.15) is 0 Å². The van der Waals surface area contributed by atoms with Crippen LogP contribution < -0.4 is 5.32 Å². The second-order valence-corrected chi connectivity index (χ2v) is 5.41. The monoisotopic (exact) mass is 298 g/mol. The van der Waals surface area contributed by atoms with Crippen LogP contribution in [0.2, 0.25) is 0 Å². The zero-order chi connectivity index (χ0) is 11.4. The van der Waals surface area contributed by atoms with E-state index < -0.39 is 0 Å². The number of ether oxygens (including phenoxy) is 1. The molecule has 0 spiro atoms. The number of piperidine rings is 2. The Labute approximate surface area is 124 Å². The predicted molar refractivity (Wildman–Crippen MR) is 81.2 cm³/mol. The second kappa shape index (κ2) is 9.38. The summed E-state index contributed by atoms with van der Waals surface area (Å²) in [4.78, 5) is 2.56. The van der Waals surface area contributed by atoms with Gasteiger partial charge in [-0.25, -0.2) is 0 Å². The Hall–Kier alpha value is 0.460. The van der Waals surface area contributed by atoms with Crippen molar-refractivity contribution in [1.29, 1.82) is 0 Å². The Morgan fingerprint density at radius 1 is 0.944 bits per heavy atom. The molecule has 110 valence electrons. The molecule has 2 aliphatic heterocycles. The van der Waals surface area contributed by atoms with Crippen LogP contribution in [0.25, 0.3) is 0 Å². The third kappa shape index (κ3) is 5.62. The fourth-order valence-electron chi connectivity index (χ4n) is 2.73. The summed E-state index contributed by atoms with van der Waals surface area (Å²) in [6.07, 6.45) is 5.90. The molecule has 5 heteroatoms. The molecule has 0 unspecified atom stereocenters. The van der Waals surface area contributed by atoms with Gasteiger partial charge in [0.25, 0.3) is 0 Å². The normalized spacial score (nSPS) is 23.5. The molecular formula is C13H28Cl2N2O. The molecule has 0 aromatic heterocycles. The summed E-state index contributed by atoms with van der Waals surface area (Å²) in [7, 11) is 0. The summed E-state index contributed by atoms with van der Waals surface area (Å²) in [6.45, 7) is 9.27. The summed E-state index contributed by atoms with van der Waals surface area (Å²) in [6, 6.07) is 0.694. The Kier molecular flexibility index (Phi) is 9.62. The first-order valence-electron chi connectivity index (χ1n) is 6.86. The number of rotatable bonds is 3. The van der Waals surface area contributed by atoms with Crippen LogP contribution in [0.1, 0.15) is 39.5 Å². The highest BCUT2D eigenvalue weighted by Gasteiger charge is 2.24. The molecule has 1 N–H and O–H groups in total. The van der Waals surface area contributed by atoms with Gasteiger partial charge in [-0.15, -0.1) is 24.8 Å². The quantitative estimate of drug-likeness (QED) is 0.866. The molecule has 0 aromatic carbocycles. The maximum absolute atomic E-state index is 6.19. The van der Waals surface area contributed by atoms with Crippen LogP contribution in [0.15, 0.2) is 0 Å². The van der Waals surface area contributed by atoms with Crippen LogP contribution in [0.5, 0.6) is 0 Å². The topological polar surface area (TPSA) is 24.5 Å². The van der Waals surface area contributed by atoms with Gasteiger partial charge in [0.1, 0.15) is 0 Å².